The maximum absolute atomic E-state index is 12.6. The van der Waals surface area contributed by atoms with Crippen LogP contribution >= 0.6 is 11.3 Å². The molecule has 0 radical (unpaired) electrons. The van der Waals surface area contributed by atoms with E-state index in [9.17, 15) is 4.79 Å². The summed E-state index contributed by atoms with van der Waals surface area (Å²) >= 11 is 1.65. The first-order valence-corrected chi connectivity index (χ1v) is 7.77. The number of fused-ring (bicyclic) bond motifs is 2. The van der Waals surface area contributed by atoms with Gasteiger partial charge in [-0.1, -0.05) is 18.2 Å². The summed E-state index contributed by atoms with van der Waals surface area (Å²) in [6.07, 6.45) is 0.270. The summed E-state index contributed by atoms with van der Waals surface area (Å²) in [6, 6.07) is 13.8. The van der Waals surface area contributed by atoms with Gasteiger partial charge >= 0.3 is 0 Å². The zero-order valence-corrected chi connectivity index (χ0v) is 12.2. The summed E-state index contributed by atoms with van der Waals surface area (Å²) in [7, 11) is 0. The molecule has 106 valence electrons. The predicted octanol–water partition coefficient (Wildman–Crippen LogP) is 3.33. The summed E-state index contributed by atoms with van der Waals surface area (Å²) in [5.41, 5.74) is 1.13. The highest BCUT2D eigenvalue weighted by atomic mass is 32.1. The van der Waals surface area contributed by atoms with E-state index in [2.05, 4.69) is 0 Å². The molecule has 0 saturated carbocycles. The molecule has 0 aliphatic carbocycles. The van der Waals surface area contributed by atoms with Gasteiger partial charge in [-0.3, -0.25) is 4.79 Å². The van der Waals surface area contributed by atoms with Gasteiger partial charge in [-0.25, -0.2) is 0 Å². The van der Waals surface area contributed by atoms with Crippen LogP contribution in [0.2, 0.25) is 0 Å². The topological polar surface area (TPSA) is 38.8 Å². The molecule has 4 heteroatoms. The van der Waals surface area contributed by atoms with Gasteiger partial charge in [-0.05, 0) is 29.8 Å². The Balaban J connectivity index is 1.73. The molecule has 1 aromatic heterocycles. The summed E-state index contributed by atoms with van der Waals surface area (Å²) in [5, 5.41) is 1.57. The quantitative estimate of drug-likeness (QED) is 0.548. The van der Waals surface area contributed by atoms with E-state index in [0.717, 1.165) is 32.3 Å². The van der Waals surface area contributed by atoms with Crippen molar-refractivity contribution in [1.82, 2.24) is 0 Å². The van der Waals surface area contributed by atoms with Crippen LogP contribution in [0.3, 0.4) is 0 Å². The molecule has 0 amide bonds. The Morgan fingerprint density at radius 3 is 2.81 bits per heavy atom. The summed E-state index contributed by atoms with van der Waals surface area (Å²) in [5.74, 6) is 0. The zero-order chi connectivity index (χ0) is 14.2. The Labute approximate surface area is 125 Å². The van der Waals surface area contributed by atoms with E-state index in [1.54, 1.807) is 11.3 Å². The molecule has 21 heavy (non-hydrogen) atoms. The highest BCUT2D eigenvalue weighted by Gasteiger charge is 2.22. The molecule has 1 saturated heterocycles. The lowest BCUT2D eigenvalue weighted by molar-refractivity contribution is 0.104. The fraction of sp³-hybridized carbons (Fsp3) is 0.235. The third-order valence-electron chi connectivity index (χ3n) is 3.62. The van der Waals surface area contributed by atoms with Gasteiger partial charge in [-0.2, -0.15) is 0 Å². The standard InChI is InChI=1S/C17H14O3S/c18-17-13-3-1-2-4-15(13)21-16-6-5-11(7-14(16)17)8-19-9-12-10-20-12/h1-7,12H,8-10H2. The van der Waals surface area contributed by atoms with Gasteiger partial charge in [0.15, 0.2) is 5.43 Å². The zero-order valence-electron chi connectivity index (χ0n) is 11.4. The Morgan fingerprint density at radius 1 is 1.14 bits per heavy atom. The average Bonchev–Trinajstić information content (AvgIpc) is 3.32. The van der Waals surface area contributed by atoms with E-state index in [-0.39, 0.29) is 11.5 Å². The predicted molar refractivity (Wildman–Crippen MR) is 85.0 cm³/mol. The van der Waals surface area contributed by atoms with Crippen molar-refractivity contribution in [2.75, 3.05) is 13.2 Å². The molecule has 0 N–H and O–H groups in total. The van der Waals surface area contributed by atoms with Gasteiger partial charge in [0, 0.05) is 20.2 Å². The summed E-state index contributed by atoms with van der Waals surface area (Å²) < 4.78 is 12.8. The van der Waals surface area contributed by atoms with Crippen molar-refractivity contribution >= 4 is 31.5 Å². The lowest BCUT2D eigenvalue weighted by atomic mass is 10.1. The first kappa shape index (κ1) is 13.0. The minimum absolute atomic E-state index is 0.103. The maximum atomic E-state index is 12.6. The van der Waals surface area contributed by atoms with Crippen molar-refractivity contribution in [2.45, 2.75) is 12.7 Å². The number of hydrogen-bond acceptors (Lipinski definition) is 4. The minimum Gasteiger partial charge on any atom is -0.374 e. The van der Waals surface area contributed by atoms with Crippen LogP contribution in [0.5, 0.6) is 0 Å². The van der Waals surface area contributed by atoms with Crippen LogP contribution < -0.4 is 5.43 Å². The number of epoxide rings is 1. The lowest BCUT2D eigenvalue weighted by Crippen LogP contribution is -2.04. The molecule has 1 aliphatic heterocycles. The van der Waals surface area contributed by atoms with Crippen LogP contribution in [0.4, 0.5) is 0 Å². The van der Waals surface area contributed by atoms with E-state index < -0.39 is 0 Å². The molecular formula is C17H14O3S. The Bertz CT molecular complexity index is 865. The van der Waals surface area contributed by atoms with E-state index >= 15 is 0 Å². The normalized spacial score (nSPS) is 17.4. The Hall–Kier alpha value is -1.75. The lowest BCUT2D eigenvalue weighted by Gasteiger charge is -2.05. The minimum atomic E-state index is 0.103. The van der Waals surface area contributed by atoms with Crippen LogP contribution in [0.1, 0.15) is 5.56 Å². The molecule has 3 aromatic rings. The van der Waals surface area contributed by atoms with Crippen LogP contribution in [-0.2, 0) is 16.1 Å². The monoisotopic (exact) mass is 298 g/mol. The van der Waals surface area contributed by atoms with Crippen molar-refractivity contribution < 1.29 is 9.47 Å². The van der Waals surface area contributed by atoms with Gasteiger partial charge in [0.05, 0.1) is 19.8 Å². The molecule has 2 aromatic carbocycles. The van der Waals surface area contributed by atoms with Crippen molar-refractivity contribution in [3.05, 3.63) is 58.3 Å². The van der Waals surface area contributed by atoms with Crippen molar-refractivity contribution in [3.63, 3.8) is 0 Å². The summed E-state index contributed by atoms with van der Waals surface area (Å²) in [4.78, 5) is 12.6. The van der Waals surface area contributed by atoms with Crippen molar-refractivity contribution in [1.29, 1.82) is 0 Å². The molecule has 1 atom stereocenters. The Kier molecular flexibility index (Phi) is 3.22. The maximum Gasteiger partial charge on any atom is 0.195 e. The van der Waals surface area contributed by atoms with Gasteiger partial charge in [-0.15, -0.1) is 11.3 Å². The fourth-order valence-corrected chi connectivity index (χ4v) is 3.46. The molecule has 1 aliphatic rings. The van der Waals surface area contributed by atoms with E-state index in [1.807, 2.05) is 42.5 Å². The van der Waals surface area contributed by atoms with Gasteiger partial charge in [0.1, 0.15) is 6.10 Å². The number of rotatable bonds is 4. The SMILES string of the molecule is O=c1c2ccccc2sc2ccc(COCC3CO3)cc12. The number of benzene rings is 2. The average molecular weight is 298 g/mol. The van der Waals surface area contributed by atoms with Crippen molar-refractivity contribution in [2.24, 2.45) is 0 Å². The first-order valence-electron chi connectivity index (χ1n) is 6.95. The summed E-state index contributed by atoms with van der Waals surface area (Å²) in [6.45, 7) is 1.95. The molecule has 1 fully saturated rings. The Morgan fingerprint density at radius 2 is 1.95 bits per heavy atom. The molecular weight excluding hydrogens is 284 g/mol. The molecule has 1 unspecified atom stereocenters. The smallest absolute Gasteiger partial charge is 0.195 e. The van der Waals surface area contributed by atoms with Gasteiger partial charge in [0.25, 0.3) is 0 Å². The van der Waals surface area contributed by atoms with E-state index in [4.69, 9.17) is 9.47 Å². The van der Waals surface area contributed by atoms with E-state index in [1.165, 1.54) is 0 Å². The largest absolute Gasteiger partial charge is 0.374 e. The first-order chi connectivity index (χ1) is 10.3. The highest BCUT2D eigenvalue weighted by Crippen LogP contribution is 2.25. The molecule has 0 bridgehead atoms. The number of hydrogen-bond donors (Lipinski definition) is 0. The van der Waals surface area contributed by atoms with Crippen LogP contribution in [0.15, 0.2) is 47.3 Å². The third-order valence-corrected chi connectivity index (χ3v) is 4.77. The second-order valence-corrected chi connectivity index (χ2v) is 6.31. The van der Waals surface area contributed by atoms with Gasteiger partial charge in [0.2, 0.25) is 0 Å². The van der Waals surface area contributed by atoms with Gasteiger partial charge < -0.3 is 9.47 Å². The third kappa shape index (κ3) is 2.58. The molecule has 3 nitrogen and oxygen atoms in total. The fourth-order valence-electron chi connectivity index (χ4n) is 2.41. The second kappa shape index (κ2) is 5.22. The second-order valence-electron chi connectivity index (χ2n) is 5.23. The molecule has 0 spiro atoms. The molecule has 4 rings (SSSR count). The van der Waals surface area contributed by atoms with Crippen LogP contribution in [0, 0.1) is 0 Å². The van der Waals surface area contributed by atoms with E-state index in [0.29, 0.717) is 13.2 Å². The van der Waals surface area contributed by atoms with Crippen LogP contribution in [0.25, 0.3) is 20.2 Å². The number of ether oxygens (including phenoxy) is 2. The molecule has 2 heterocycles. The van der Waals surface area contributed by atoms with Crippen molar-refractivity contribution in [3.8, 4) is 0 Å². The highest BCUT2D eigenvalue weighted by molar-refractivity contribution is 7.24. The van der Waals surface area contributed by atoms with Crippen LogP contribution in [-0.4, -0.2) is 19.3 Å².